The molecule has 1 aliphatic rings. The molecule has 1 atom stereocenters. The van der Waals surface area contributed by atoms with Crippen LogP contribution in [-0.4, -0.2) is 8.07 Å². The van der Waals surface area contributed by atoms with Crippen LogP contribution in [0, 0.1) is 11.8 Å². The summed E-state index contributed by atoms with van der Waals surface area (Å²) in [5.41, 5.74) is 8.06. The summed E-state index contributed by atoms with van der Waals surface area (Å²) in [6.07, 6.45) is 2.27. The summed E-state index contributed by atoms with van der Waals surface area (Å²) in [4.78, 5) is 0. The molecule has 180 valence electrons. The molecule has 0 saturated heterocycles. The van der Waals surface area contributed by atoms with E-state index in [1.54, 1.807) is 33.0 Å². The number of aryl methyl sites for hydroxylation is 2. The van der Waals surface area contributed by atoms with Gasteiger partial charge in [-0.3, -0.25) is 0 Å². The summed E-state index contributed by atoms with van der Waals surface area (Å²) in [5.74, 6) is 1.44. The van der Waals surface area contributed by atoms with Crippen molar-refractivity contribution in [3.05, 3.63) is 49.9 Å². The molecule has 0 fully saturated rings. The monoisotopic (exact) mass is 488 g/mol. The number of rotatable bonds is 9. The predicted molar refractivity (Wildman–Crippen MR) is 147 cm³/mol. The predicted octanol–water partition coefficient (Wildman–Crippen LogP) is 9.46. The first-order chi connectivity index (χ1) is 14.6. The zero-order chi connectivity index (χ0) is 24.6. The minimum absolute atomic E-state index is 0.241. The third-order valence-electron chi connectivity index (χ3n) is 8.39. The second-order valence-electron chi connectivity index (χ2n) is 12.6. The van der Waals surface area contributed by atoms with Crippen LogP contribution in [0.2, 0.25) is 32.8 Å². The van der Waals surface area contributed by atoms with E-state index in [-0.39, 0.29) is 5.04 Å². The number of hydrogen-bond donors (Lipinski definition) is 0. The van der Waals surface area contributed by atoms with E-state index in [4.69, 9.17) is 0 Å². The van der Waals surface area contributed by atoms with E-state index in [2.05, 4.69) is 103 Å². The third kappa shape index (κ3) is 4.87. The van der Waals surface area contributed by atoms with E-state index in [1.165, 1.54) is 12.1 Å². The van der Waals surface area contributed by atoms with Gasteiger partial charge < -0.3 is 0 Å². The second kappa shape index (κ2) is 10.1. The molecule has 2 heteroatoms. The van der Waals surface area contributed by atoms with Crippen LogP contribution in [0.1, 0.15) is 80.4 Å². The Morgan fingerprint density at radius 2 is 1.22 bits per heavy atom. The Balaban J connectivity index is 3.06. The van der Waals surface area contributed by atoms with Gasteiger partial charge in [-0.05, 0) is 0 Å². The van der Waals surface area contributed by atoms with Crippen molar-refractivity contribution in [1.29, 1.82) is 0 Å². The normalized spacial score (nSPS) is 20.3. The number of benzene rings is 1. The fourth-order valence-electron chi connectivity index (χ4n) is 7.17. The Bertz CT molecular complexity index is 862. The Hall–Kier alpha value is -0.369. The summed E-state index contributed by atoms with van der Waals surface area (Å²) >= 11 is -2.11. The minimum atomic E-state index is -2.11. The second-order valence-corrected chi connectivity index (χ2v) is 25.0. The maximum absolute atomic E-state index is 2.72. The topological polar surface area (TPSA) is 0 Å². The molecule has 0 heterocycles. The Morgan fingerprint density at radius 3 is 1.56 bits per heavy atom. The maximum atomic E-state index is 2.72. The van der Waals surface area contributed by atoms with Crippen LogP contribution in [0.4, 0.5) is 0 Å². The molecule has 1 aromatic rings. The Morgan fingerprint density at radius 1 is 0.781 bits per heavy atom. The molecule has 0 bridgehead atoms. The average Bonchev–Trinajstić information content (AvgIpc) is 2.87. The van der Waals surface area contributed by atoms with Crippen molar-refractivity contribution in [3.8, 4) is 0 Å². The van der Waals surface area contributed by atoms with Gasteiger partial charge in [0, 0.05) is 0 Å². The van der Waals surface area contributed by atoms with Gasteiger partial charge >= 0.3 is 206 Å². The van der Waals surface area contributed by atoms with Crippen molar-refractivity contribution in [2.45, 2.75) is 115 Å². The summed E-state index contributed by atoms with van der Waals surface area (Å²) < 4.78 is 1.92. The molecule has 1 aromatic carbocycles. The van der Waals surface area contributed by atoms with Crippen LogP contribution in [0.3, 0.4) is 0 Å². The first kappa shape index (κ1) is 27.9. The van der Waals surface area contributed by atoms with Crippen LogP contribution < -0.4 is 5.19 Å². The van der Waals surface area contributed by atoms with E-state index in [9.17, 15) is 0 Å². The molecule has 0 aliphatic heterocycles. The van der Waals surface area contributed by atoms with E-state index >= 15 is 0 Å². The molecule has 1 aliphatic carbocycles. The first-order valence-corrected chi connectivity index (χ1v) is 21.1. The summed E-state index contributed by atoms with van der Waals surface area (Å²) in [6, 6.07) is 10.6. The van der Waals surface area contributed by atoms with Crippen molar-refractivity contribution in [3.63, 3.8) is 0 Å². The molecular weight excluding hydrogens is 436 g/mol. The summed E-state index contributed by atoms with van der Waals surface area (Å²) in [6.45, 7) is 24.7. The molecule has 0 aromatic heterocycles. The van der Waals surface area contributed by atoms with Crippen LogP contribution in [-0.2, 0) is 29.4 Å². The summed E-state index contributed by atoms with van der Waals surface area (Å²) in [7, 11) is -1.97. The number of hydrogen-bond acceptors (Lipinski definition) is 0. The zero-order valence-electron chi connectivity index (χ0n) is 23.7. The molecular formula is C30H52SiTi. The quantitative estimate of drug-likeness (QED) is 0.304. The molecule has 0 radical (unpaired) electrons. The van der Waals surface area contributed by atoms with E-state index in [0.29, 0.717) is 0 Å². The number of allylic oxidation sites excluding steroid dienone is 4. The molecule has 0 nitrogen and oxygen atoms in total. The van der Waals surface area contributed by atoms with Gasteiger partial charge in [0.05, 0.1) is 0 Å². The van der Waals surface area contributed by atoms with Crippen LogP contribution >= 0.6 is 0 Å². The van der Waals surface area contributed by atoms with E-state index < -0.39 is 24.7 Å². The summed E-state index contributed by atoms with van der Waals surface area (Å²) in [5, 5.41) is 9.93. The molecule has 0 spiro atoms. The Kier molecular flexibility index (Phi) is 8.79. The Labute approximate surface area is 205 Å². The fourth-order valence-corrected chi connectivity index (χ4v) is 21.8. The van der Waals surface area contributed by atoms with Crippen LogP contribution in [0.5, 0.6) is 0 Å². The standard InChI is InChI=1S/C27H43Si.3CH3.Ti/c1-11-24-13-25(12-2)15-26(14-24)28(17-19(3)4,18-20(5)6)27(10)16-21(7)22(8)23(27)9;;;;/h13-15,19-20H,11-12,17-18H2,1-10H3;3*1H3;. The molecule has 1 unspecified atom stereocenters. The molecule has 32 heavy (non-hydrogen) atoms. The molecule has 0 saturated carbocycles. The fraction of sp³-hybridized carbons (Fsp3) is 0.667. The van der Waals surface area contributed by atoms with Crippen LogP contribution in [0.15, 0.2) is 38.8 Å². The molecule has 0 amide bonds. The van der Waals surface area contributed by atoms with Crippen molar-refractivity contribution in [2.75, 3.05) is 0 Å². The van der Waals surface area contributed by atoms with E-state index in [1.807, 2.05) is 3.88 Å². The van der Waals surface area contributed by atoms with Gasteiger partial charge in [0.2, 0.25) is 0 Å². The van der Waals surface area contributed by atoms with Gasteiger partial charge in [-0.25, -0.2) is 0 Å². The molecule has 2 rings (SSSR count). The van der Waals surface area contributed by atoms with E-state index in [0.717, 1.165) is 24.7 Å². The van der Waals surface area contributed by atoms with Crippen molar-refractivity contribution >= 4 is 13.3 Å². The zero-order valence-corrected chi connectivity index (χ0v) is 26.3. The average molecular weight is 489 g/mol. The first-order valence-electron chi connectivity index (χ1n) is 13.2. The van der Waals surface area contributed by atoms with Gasteiger partial charge in [0.1, 0.15) is 0 Å². The van der Waals surface area contributed by atoms with Gasteiger partial charge in [-0.2, -0.15) is 0 Å². The van der Waals surface area contributed by atoms with Gasteiger partial charge in [-0.15, -0.1) is 0 Å². The van der Waals surface area contributed by atoms with Gasteiger partial charge in [0.15, 0.2) is 0 Å². The molecule has 0 N–H and O–H groups in total. The third-order valence-corrected chi connectivity index (χ3v) is 19.5. The van der Waals surface area contributed by atoms with Gasteiger partial charge in [-0.1, -0.05) is 0 Å². The van der Waals surface area contributed by atoms with Gasteiger partial charge in [0.25, 0.3) is 0 Å². The van der Waals surface area contributed by atoms with Crippen LogP contribution in [0.25, 0.3) is 0 Å². The SMILES string of the molecule is CCc1cc(CC)cc([Si](CC(C)C)(CC(C)C)C2(C)C(C)=C(C)C(C)=[C]2[Ti]([CH3])([CH3])[CH3])c1. The van der Waals surface area contributed by atoms with Crippen molar-refractivity contribution < 1.29 is 16.6 Å². The van der Waals surface area contributed by atoms with Crippen molar-refractivity contribution in [2.24, 2.45) is 11.8 Å². The van der Waals surface area contributed by atoms with Crippen molar-refractivity contribution in [1.82, 2.24) is 0 Å².